The van der Waals surface area contributed by atoms with Crippen molar-refractivity contribution in [3.63, 3.8) is 0 Å². The number of nitrogens with zero attached hydrogens (tertiary/aromatic N) is 1. The van der Waals surface area contributed by atoms with E-state index in [-0.39, 0.29) is 5.41 Å². The molecule has 0 heterocycles. The molecule has 2 nitrogen and oxygen atoms in total. The van der Waals surface area contributed by atoms with Crippen LogP contribution in [0.25, 0.3) is 27.8 Å². The van der Waals surface area contributed by atoms with E-state index >= 15 is 0 Å². The summed E-state index contributed by atoms with van der Waals surface area (Å²) in [7, 11) is 4.03. The third-order valence-electron chi connectivity index (χ3n) is 8.05. The van der Waals surface area contributed by atoms with Crippen LogP contribution in [0.4, 0.5) is 11.4 Å². The highest BCUT2D eigenvalue weighted by molar-refractivity contribution is 5.83. The third-order valence-corrected chi connectivity index (χ3v) is 8.05. The summed E-state index contributed by atoms with van der Waals surface area (Å²) in [4.78, 5) is 2.06. The molecule has 4 aromatic rings. The van der Waals surface area contributed by atoms with Crippen molar-refractivity contribution >= 4 is 16.9 Å². The molecule has 0 spiro atoms. The second-order valence-corrected chi connectivity index (χ2v) is 11.9. The SMILES string of the molecule is C=CCN(C)C.Cc1ccc2c(c1)C(C)(C)c1cc(Nc3ccc(-c4ccc(C5=CCCC=C5)cc4)cc3)ccc1-2. The van der Waals surface area contributed by atoms with E-state index in [9.17, 15) is 0 Å². The lowest BCUT2D eigenvalue weighted by Crippen LogP contribution is -2.15. The molecule has 0 bridgehead atoms. The van der Waals surface area contributed by atoms with E-state index in [1.165, 1.54) is 50.1 Å². The Morgan fingerprint density at radius 1 is 0.756 bits per heavy atom. The van der Waals surface area contributed by atoms with E-state index < -0.39 is 0 Å². The first-order valence-electron chi connectivity index (χ1n) is 14.6. The van der Waals surface area contributed by atoms with Crippen molar-refractivity contribution in [1.82, 2.24) is 4.90 Å². The normalized spacial score (nSPS) is 14.4. The minimum atomic E-state index is 0.00780. The van der Waals surface area contributed by atoms with E-state index in [1.54, 1.807) is 0 Å². The Morgan fingerprint density at radius 2 is 1.34 bits per heavy atom. The van der Waals surface area contributed by atoms with Gasteiger partial charge in [0, 0.05) is 23.3 Å². The zero-order valence-electron chi connectivity index (χ0n) is 25.2. The van der Waals surface area contributed by atoms with Crippen LogP contribution in [-0.4, -0.2) is 25.5 Å². The highest BCUT2D eigenvalue weighted by Crippen LogP contribution is 2.49. The van der Waals surface area contributed by atoms with Crippen LogP contribution < -0.4 is 5.32 Å². The minimum Gasteiger partial charge on any atom is -0.356 e. The lowest BCUT2D eigenvalue weighted by molar-refractivity contribution is 0.457. The van der Waals surface area contributed by atoms with E-state index in [0.717, 1.165) is 30.8 Å². The Kier molecular flexibility index (Phi) is 8.42. The van der Waals surface area contributed by atoms with Crippen molar-refractivity contribution < 1.29 is 0 Å². The van der Waals surface area contributed by atoms with Crippen LogP contribution in [-0.2, 0) is 5.41 Å². The van der Waals surface area contributed by atoms with Crippen molar-refractivity contribution in [2.75, 3.05) is 26.0 Å². The number of rotatable bonds is 6. The quantitative estimate of drug-likeness (QED) is 0.246. The first-order valence-corrected chi connectivity index (χ1v) is 14.6. The second-order valence-electron chi connectivity index (χ2n) is 11.9. The van der Waals surface area contributed by atoms with Gasteiger partial charge in [0.15, 0.2) is 0 Å². The van der Waals surface area contributed by atoms with Gasteiger partial charge in [-0.2, -0.15) is 0 Å². The fraction of sp³-hybridized carbons (Fsp3) is 0.231. The van der Waals surface area contributed by atoms with Gasteiger partial charge in [-0.3, -0.25) is 0 Å². The topological polar surface area (TPSA) is 15.3 Å². The maximum Gasteiger partial charge on any atom is 0.0387 e. The molecule has 1 N–H and O–H groups in total. The Bertz CT molecular complexity index is 1580. The molecule has 6 rings (SSSR count). The molecule has 208 valence electrons. The minimum absolute atomic E-state index is 0.00780. The zero-order valence-corrected chi connectivity index (χ0v) is 25.2. The summed E-state index contributed by atoms with van der Waals surface area (Å²) in [6.07, 6.45) is 11.0. The molecule has 2 heteroatoms. The molecule has 0 saturated carbocycles. The van der Waals surface area contributed by atoms with Crippen molar-refractivity contribution in [2.45, 2.75) is 39.0 Å². The second kappa shape index (κ2) is 12.2. The highest BCUT2D eigenvalue weighted by atomic mass is 15.0. The summed E-state index contributed by atoms with van der Waals surface area (Å²) < 4.78 is 0. The molecular formula is C39H42N2. The number of nitrogens with one attached hydrogen (secondary N) is 1. The van der Waals surface area contributed by atoms with Gasteiger partial charge in [-0.25, -0.2) is 0 Å². The highest BCUT2D eigenvalue weighted by Gasteiger charge is 2.35. The van der Waals surface area contributed by atoms with Crippen LogP contribution in [0.5, 0.6) is 0 Å². The number of benzene rings is 4. The summed E-state index contributed by atoms with van der Waals surface area (Å²) in [5, 5.41) is 3.63. The third kappa shape index (κ3) is 6.29. The first kappa shape index (κ1) is 28.4. The first-order chi connectivity index (χ1) is 19.8. The molecule has 0 fully saturated rings. The Hall–Kier alpha value is -4.14. The Balaban J connectivity index is 0.000000511. The fourth-order valence-electron chi connectivity index (χ4n) is 5.78. The molecule has 41 heavy (non-hydrogen) atoms. The van der Waals surface area contributed by atoms with E-state index in [0.29, 0.717) is 0 Å². The van der Waals surface area contributed by atoms with Gasteiger partial charge in [0.05, 0.1) is 0 Å². The van der Waals surface area contributed by atoms with Gasteiger partial charge in [-0.1, -0.05) is 104 Å². The van der Waals surface area contributed by atoms with Gasteiger partial charge >= 0.3 is 0 Å². The van der Waals surface area contributed by atoms with Gasteiger partial charge in [0.25, 0.3) is 0 Å². The van der Waals surface area contributed by atoms with Crippen molar-refractivity contribution in [2.24, 2.45) is 0 Å². The molecule has 0 aromatic heterocycles. The number of hydrogen-bond acceptors (Lipinski definition) is 2. The maximum absolute atomic E-state index is 3.63. The molecule has 0 amide bonds. The van der Waals surface area contributed by atoms with Gasteiger partial charge in [-0.05, 0) is 103 Å². The summed E-state index contributed by atoms with van der Waals surface area (Å²) >= 11 is 0. The zero-order chi connectivity index (χ0) is 29.0. The average molecular weight is 539 g/mol. The molecule has 4 aromatic carbocycles. The van der Waals surface area contributed by atoms with E-state index in [1.807, 2.05) is 20.2 Å². The molecule has 0 unspecified atom stereocenters. The molecule has 0 aliphatic heterocycles. The van der Waals surface area contributed by atoms with Gasteiger partial charge in [-0.15, -0.1) is 6.58 Å². The Labute approximate surface area is 246 Å². The average Bonchev–Trinajstić information content (AvgIpc) is 3.20. The molecule has 0 radical (unpaired) electrons. The number of anilines is 2. The molecule has 0 atom stereocenters. The van der Waals surface area contributed by atoms with Crippen LogP contribution in [0.1, 0.15) is 48.9 Å². The van der Waals surface area contributed by atoms with Crippen molar-refractivity contribution in [1.29, 1.82) is 0 Å². The predicted molar refractivity (Wildman–Crippen MR) is 179 cm³/mol. The van der Waals surface area contributed by atoms with Crippen LogP contribution in [0, 0.1) is 6.92 Å². The summed E-state index contributed by atoms with van der Waals surface area (Å²) in [6, 6.07) is 31.3. The Morgan fingerprint density at radius 3 is 1.93 bits per heavy atom. The van der Waals surface area contributed by atoms with E-state index in [4.69, 9.17) is 0 Å². The summed E-state index contributed by atoms with van der Waals surface area (Å²) in [5.41, 5.74) is 14.2. The van der Waals surface area contributed by atoms with E-state index in [2.05, 4.69) is 141 Å². The number of aryl methyl sites for hydroxylation is 1. The van der Waals surface area contributed by atoms with Crippen molar-refractivity contribution in [3.05, 3.63) is 138 Å². The van der Waals surface area contributed by atoms with Crippen LogP contribution in [0.3, 0.4) is 0 Å². The monoisotopic (exact) mass is 538 g/mol. The molecule has 0 saturated heterocycles. The lowest BCUT2D eigenvalue weighted by atomic mass is 9.82. The lowest BCUT2D eigenvalue weighted by Gasteiger charge is -2.22. The maximum atomic E-state index is 3.63. The largest absolute Gasteiger partial charge is 0.356 e. The van der Waals surface area contributed by atoms with Gasteiger partial charge < -0.3 is 10.2 Å². The van der Waals surface area contributed by atoms with Crippen molar-refractivity contribution in [3.8, 4) is 22.3 Å². The van der Waals surface area contributed by atoms with Gasteiger partial charge in [0.2, 0.25) is 0 Å². The van der Waals surface area contributed by atoms with Crippen LogP contribution >= 0.6 is 0 Å². The summed E-state index contributed by atoms with van der Waals surface area (Å²) in [5.74, 6) is 0. The molecular weight excluding hydrogens is 496 g/mol. The van der Waals surface area contributed by atoms with Gasteiger partial charge in [0.1, 0.15) is 0 Å². The van der Waals surface area contributed by atoms with Crippen LogP contribution in [0.2, 0.25) is 0 Å². The number of hydrogen-bond donors (Lipinski definition) is 1. The molecule has 2 aliphatic rings. The molecule has 2 aliphatic carbocycles. The predicted octanol–water partition coefficient (Wildman–Crippen LogP) is 10.2. The number of allylic oxidation sites excluding steroid dienone is 4. The van der Waals surface area contributed by atoms with Crippen LogP contribution in [0.15, 0.2) is 116 Å². The number of fused-ring (bicyclic) bond motifs is 3. The fourth-order valence-corrected chi connectivity index (χ4v) is 5.78. The standard InChI is InChI=1S/C34H31N.C5H11N/c1-23-9-19-30-31-20-18-29(22-33(31)34(2,3)32(30)21-23)35-28-16-14-27(15-17-28)26-12-10-25(11-13-26)24-7-5-4-6-8-24;1-4-5-6(2)3/h5,7-22,35H,4,6H2,1-3H3;4H,1,5H2,2-3H3. The smallest absolute Gasteiger partial charge is 0.0387 e. The summed E-state index contributed by atoms with van der Waals surface area (Å²) in [6.45, 7) is 11.4. The number of likely N-dealkylation sites (N-methyl/N-ethyl adjacent to an activating group) is 1.